The molecule has 0 saturated carbocycles. The van der Waals surface area contributed by atoms with Gasteiger partial charge in [-0.25, -0.2) is 0 Å². The predicted octanol–water partition coefficient (Wildman–Crippen LogP) is 4.38. The van der Waals surface area contributed by atoms with Crippen LogP contribution in [0.15, 0.2) is 16.6 Å². The molecule has 0 amide bonds. The summed E-state index contributed by atoms with van der Waals surface area (Å²) in [5.41, 5.74) is 1.39. The maximum absolute atomic E-state index is 4.26. The molecular formula is C13H25N. The van der Waals surface area contributed by atoms with Gasteiger partial charge < -0.3 is 0 Å². The van der Waals surface area contributed by atoms with Crippen LogP contribution in [0.5, 0.6) is 0 Å². The molecule has 0 atom stereocenters. The summed E-state index contributed by atoms with van der Waals surface area (Å²) >= 11 is 0. The van der Waals surface area contributed by atoms with E-state index in [0.29, 0.717) is 0 Å². The van der Waals surface area contributed by atoms with Crippen molar-refractivity contribution >= 4 is 6.21 Å². The summed E-state index contributed by atoms with van der Waals surface area (Å²) in [6.07, 6.45) is 12.1. The largest absolute Gasteiger partial charge is 0.293 e. The Morgan fingerprint density at radius 3 is 2.43 bits per heavy atom. The monoisotopic (exact) mass is 195 g/mol. The van der Waals surface area contributed by atoms with E-state index in [2.05, 4.69) is 31.8 Å². The number of unbranched alkanes of at least 4 members (excludes halogenated alkanes) is 4. The molecule has 0 unspecified atom stereocenters. The van der Waals surface area contributed by atoms with Crippen LogP contribution in [-0.2, 0) is 0 Å². The van der Waals surface area contributed by atoms with Crippen LogP contribution < -0.4 is 0 Å². The lowest BCUT2D eigenvalue weighted by Crippen LogP contribution is -1.84. The molecule has 0 aliphatic carbocycles. The van der Waals surface area contributed by atoms with E-state index < -0.39 is 0 Å². The summed E-state index contributed by atoms with van der Waals surface area (Å²) in [5, 5.41) is 0. The quantitative estimate of drug-likeness (QED) is 0.402. The molecule has 0 fully saturated rings. The van der Waals surface area contributed by atoms with E-state index >= 15 is 0 Å². The van der Waals surface area contributed by atoms with Crippen LogP contribution in [0.1, 0.15) is 59.3 Å². The van der Waals surface area contributed by atoms with Crippen molar-refractivity contribution in [3.8, 4) is 0 Å². The Balaban J connectivity index is 3.64. The second-order valence-corrected chi connectivity index (χ2v) is 3.61. The molecule has 0 saturated heterocycles. The normalized spacial score (nSPS) is 12.6. The first-order valence-corrected chi connectivity index (χ1v) is 6.03. The number of rotatable bonds is 8. The maximum Gasteiger partial charge on any atom is 0.0361 e. The summed E-state index contributed by atoms with van der Waals surface area (Å²) < 4.78 is 0. The van der Waals surface area contributed by atoms with Crippen molar-refractivity contribution in [2.45, 2.75) is 59.3 Å². The lowest BCUT2D eigenvalue weighted by molar-refractivity contribution is 0.673. The van der Waals surface area contributed by atoms with Crippen molar-refractivity contribution < 1.29 is 0 Å². The zero-order valence-corrected chi connectivity index (χ0v) is 10.1. The molecule has 0 aromatic rings. The van der Waals surface area contributed by atoms with E-state index in [-0.39, 0.29) is 0 Å². The predicted molar refractivity (Wildman–Crippen MR) is 66.2 cm³/mol. The molecule has 82 valence electrons. The smallest absolute Gasteiger partial charge is 0.0361 e. The Morgan fingerprint density at radius 1 is 1.07 bits per heavy atom. The Bertz CT molecular complexity index is 168. The molecule has 1 heteroatoms. The summed E-state index contributed by atoms with van der Waals surface area (Å²) in [6, 6.07) is 0. The highest BCUT2D eigenvalue weighted by Crippen LogP contribution is 2.06. The van der Waals surface area contributed by atoms with Crippen molar-refractivity contribution in [2.24, 2.45) is 4.99 Å². The fourth-order valence-corrected chi connectivity index (χ4v) is 1.36. The van der Waals surface area contributed by atoms with Crippen molar-refractivity contribution in [1.29, 1.82) is 0 Å². The minimum Gasteiger partial charge on any atom is -0.293 e. The minimum absolute atomic E-state index is 0.896. The number of nitrogens with zero attached hydrogens (tertiary/aromatic N) is 1. The second-order valence-electron chi connectivity index (χ2n) is 3.61. The highest BCUT2D eigenvalue weighted by molar-refractivity contribution is 5.78. The molecule has 0 bridgehead atoms. The van der Waals surface area contributed by atoms with Crippen LogP contribution in [0.4, 0.5) is 0 Å². The van der Waals surface area contributed by atoms with E-state index in [1.165, 1.54) is 37.7 Å². The van der Waals surface area contributed by atoms with E-state index in [4.69, 9.17) is 0 Å². The average Bonchev–Trinajstić information content (AvgIpc) is 2.22. The van der Waals surface area contributed by atoms with Gasteiger partial charge in [0.05, 0.1) is 0 Å². The third kappa shape index (κ3) is 8.03. The van der Waals surface area contributed by atoms with Gasteiger partial charge in [0.1, 0.15) is 0 Å². The van der Waals surface area contributed by atoms with Gasteiger partial charge in [0.2, 0.25) is 0 Å². The summed E-state index contributed by atoms with van der Waals surface area (Å²) in [4.78, 5) is 4.26. The van der Waals surface area contributed by atoms with Gasteiger partial charge in [-0.2, -0.15) is 0 Å². The molecular weight excluding hydrogens is 170 g/mol. The zero-order valence-electron chi connectivity index (χ0n) is 10.1. The average molecular weight is 195 g/mol. The lowest BCUT2D eigenvalue weighted by Gasteiger charge is -1.98. The summed E-state index contributed by atoms with van der Waals surface area (Å²) in [5.74, 6) is 0. The first-order valence-electron chi connectivity index (χ1n) is 6.03. The van der Waals surface area contributed by atoms with Crippen LogP contribution in [0, 0.1) is 0 Å². The number of hydrogen-bond donors (Lipinski definition) is 0. The third-order valence-electron chi connectivity index (χ3n) is 2.31. The molecule has 0 rings (SSSR count). The second kappa shape index (κ2) is 10.5. The van der Waals surface area contributed by atoms with Crippen LogP contribution in [-0.4, -0.2) is 12.8 Å². The van der Waals surface area contributed by atoms with Crippen molar-refractivity contribution in [1.82, 2.24) is 0 Å². The van der Waals surface area contributed by atoms with Crippen molar-refractivity contribution in [3.63, 3.8) is 0 Å². The van der Waals surface area contributed by atoms with E-state index in [1.54, 1.807) is 0 Å². The van der Waals surface area contributed by atoms with E-state index in [9.17, 15) is 0 Å². The van der Waals surface area contributed by atoms with Gasteiger partial charge in [-0.1, -0.05) is 39.2 Å². The van der Waals surface area contributed by atoms with Crippen LogP contribution in [0.3, 0.4) is 0 Å². The summed E-state index contributed by atoms with van der Waals surface area (Å²) in [6.45, 7) is 7.42. The van der Waals surface area contributed by atoms with Crippen molar-refractivity contribution in [3.05, 3.63) is 11.6 Å². The fraction of sp³-hybridized carbons (Fsp3) is 0.769. The van der Waals surface area contributed by atoms with Gasteiger partial charge in [-0.15, -0.1) is 0 Å². The lowest BCUT2D eigenvalue weighted by atomic mass is 10.1. The molecule has 0 N–H and O–H groups in total. The van der Waals surface area contributed by atoms with Gasteiger partial charge >= 0.3 is 0 Å². The number of allylic oxidation sites excluding steroid dienone is 2. The summed E-state index contributed by atoms with van der Waals surface area (Å²) in [7, 11) is 0. The highest BCUT2D eigenvalue weighted by Gasteiger charge is 1.89. The number of aliphatic imine (C=N–C) groups is 1. The van der Waals surface area contributed by atoms with Gasteiger partial charge in [-0.05, 0) is 31.8 Å². The molecule has 0 spiro atoms. The van der Waals surface area contributed by atoms with Gasteiger partial charge in [0.25, 0.3) is 0 Å². The standard InChI is InChI=1S/C13H25N/c1-4-7-8-9-10-11-13(5-2)12-14-6-3/h11-12H,4-10H2,1-3H3. The van der Waals surface area contributed by atoms with E-state index in [0.717, 1.165) is 13.0 Å². The Morgan fingerprint density at radius 2 is 1.86 bits per heavy atom. The van der Waals surface area contributed by atoms with Crippen LogP contribution >= 0.6 is 0 Å². The first-order chi connectivity index (χ1) is 6.85. The molecule has 0 aliphatic rings. The van der Waals surface area contributed by atoms with Crippen LogP contribution in [0.25, 0.3) is 0 Å². The number of hydrogen-bond acceptors (Lipinski definition) is 1. The first kappa shape index (κ1) is 13.4. The zero-order chi connectivity index (χ0) is 10.6. The Hall–Kier alpha value is -0.590. The molecule has 0 radical (unpaired) electrons. The molecule has 0 heterocycles. The molecule has 14 heavy (non-hydrogen) atoms. The maximum atomic E-state index is 4.26. The van der Waals surface area contributed by atoms with Gasteiger partial charge in [-0.3, -0.25) is 4.99 Å². The molecule has 0 aromatic carbocycles. The van der Waals surface area contributed by atoms with Crippen LogP contribution in [0.2, 0.25) is 0 Å². The molecule has 1 nitrogen and oxygen atoms in total. The van der Waals surface area contributed by atoms with Gasteiger partial charge in [0.15, 0.2) is 0 Å². The SMILES string of the molecule is CCCCCCC=C(C=NCC)CC. The topological polar surface area (TPSA) is 12.4 Å². The highest BCUT2D eigenvalue weighted by atomic mass is 14.7. The Kier molecular flexibility index (Phi) is 10.0. The van der Waals surface area contributed by atoms with Crippen molar-refractivity contribution in [2.75, 3.05) is 6.54 Å². The Labute approximate surface area is 89.3 Å². The molecule has 0 aromatic heterocycles. The minimum atomic E-state index is 0.896. The molecule has 0 aliphatic heterocycles. The van der Waals surface area contributed by atoms with Gasteiger partial charge in [0, 0.05) is 12.8 Å². The third-order valence-corrected chi connectivity index (χ3v) is 2.31. The van der Waals surface area contributed by atoms with E-state index in [1.807, 2.05) is 6.21 Å². The fourth-order valence-electron chi connectivity index (χ4n) is 1.36.